The number of ether oxygens (including phenoxy) is 3. The van der Waals surface area contributed by atoms with E-state index in [2.05, 4.69) is 20.3 Å². The Hall–Kier alpha value is -3.24. The Balaban J connectivity index is 1.52. The quantitative estimate of drug-likeness (QED) is 0.277. The molecule has 2 heterocycles. The van der Waals surface area contributed by atoms with Crippen molar-refractivity contribution in [3.05, 3.63) is 70.8 Å². The van der Waals surface area contributed by atoms with E-state index in [4.69, 9.17) is 25.8 Å². The molecule has 34 heavy (non-hydrogen) atoms. The second-order valence-electron chi connectivity index (χ2n) is 7.09. The van der Waals surface area contributed by atoms with Crippen LogP contribution in [0.2, 0.25) is 5.02 Å². The van der Waals surface area contributed by atoms with Gasteiger partial charge in [-0.05, 0) is 36.4 Å². The number of hydrogen-bond acceptors (Lipinski definition) is 7. The smallest absolute Gasteiger partial charge is 0.278 e. The number of H-pyrrole nitrogens is 1. The predicted octanol–water partition coefficient (Wildman–Crippen LogP) is 5.15. The van der Waals surface area contributed by atoms with Gasteiger partial charge in [0.1, 0.15) is 18.2 Å². The normalized spacial score (nSPS) is 10.9. The van der Waals surface area contributed by atoms with E-state index >= 15 is 0 Å². The highest BCUT2D eigenvalue weighted by Gasteiger charge is 2.20. The number of nitrogens with one attached hydrogen (secondary N) is 2. The van der Waals surface area contributed by atoms with Crippen LogP contribution >= 0.6 is 22.9 Å². The number of anilines is 1. The molecule has 2 aromatic heterocycles. The fourth-order valence-corrected chi connectivity index (χ4v) is 3.76. The van der Waals surface area contributed by atoms with Crippen LogP contribution in [0.25, 0.3) is 22.6 Å². The summed E-state index contributed by atoms with van der Waals surface area (Å²) in [5, 5.41) is 5.70. The van der Waals surface area contributed by atoms with Crippen LogP contribution in [-0.4, -0.2) is 54.4 Å². The zero-order valence-corrected chi connectivity index (χ0v) is 20.0. The summed E-state index contributed by atoms with van der Waals surface area (Å²) in [7, 11) is 1.63. The van der Waals surface area contributed by atoms with Crippen molar-refractivity contribution in [2.45, 2.75) is 0 Å². The van der Waals surface area contributed by atoms with Gasteiger partial charge in [0, 0.05) is 34.8 Å². The van der Waals surface area contributed by atoms with Crippen molar-refractivity contribution >= 4 is 34.0 Å². The average molecular weight is 499 g/mol. The van der Waals surface area contributed by atoms with E-state index in [1.54, 1.807) is 30.8 Å². The molecule has 10 heteroatoms. The number of aromatic amines is 1. The Bertz CT molecular complexity index is 1190. The zero-order valence-electron chi connectivity index (χ0n) is 18.4. The lowest BCUT2D eigenvalue weighted by atomic mass is 10.1. The lowest BCUT2D eigenvalue weighted by Crippen LogP contribution is -2.13. The Kier molecular flexibility index (Phi) is 8.26. The first-order chi connectivity index (χ1) is 16.6. The standard InChI is InChI=1S/C24H23ClN4O4S/c1-31-11-12-32-13-14-33-19-8-4-17(5-9-19)22-27-20(16-2-6-18(25)7-3-16)21(28-22)23(30)29-24-26-10-15-34-24/h2-10,15H,11-14H2,1H3,(H,27,28)(H,26,29,30). The van der Waals surface area contributed by atoms with Gasteiger partial charge in [-0.1, -0.05) is 23.7 Å². The maximum absolute atomic E-state index is 13.0. The summed E-state index contributed by atoms with van der Waals surface area (Å²) >= 11 is 7.38. The van der Waals surface area contributed by atoms with Gasteiger partial charge >= 0.3 is 0 Å². The molecule has 0 bridgehead atoms. The van der Waals surface area contributed by atoms with Gasteiger partial charge in [-0.15, -0.1) is 11.3 Å². The Morgan fingerprint density at radius 1 is 1.03 bits per heavy atom. The van der Waals surface area contributed by atoms with Crippen molar-refractivity contribution in [2.75, 3.05) is 38.9 Å². The van der Waals surface area contributed by atoms with Crippen LogP contribution in [0.5, 0.6) is 5.75 Å². The molecule has 0 atom stereocenters. The van der Waals surface area contributed by atoms with Gasteiger partial charge in [-0.2, -0.15) is 0 Å². The molecular weight excluding hydrogens is 476 g/mol. The summed E-state index contributed by atoms with van der Waals surface area (Å²) in [6.07, 6.45) is 1.63. The lowest BCUT2D eigenvalue weighted by molar-refractivity contribution is 0.0544. The number of carbonyl (C=O) groups is 1. The molecule has 0 radical (unpaired) electrons. The molecule has 0 spiro atoms. The second kappa shape index (κ2) is 11.8. The molecule has 2 N–H and O–H groups in total. The third-order valence-corrected chi connectivity index (χ3v) is 5.70. The highest BCUT2D eigenvalue weighted by Crippen LogP contribution is 2.29. The number of imidazole rings is 1. The molecule has 8 nitrogen and oxygen atoms in total. The van der Waals surface area contributed by atoms with Crippen molar-refractivity contribution in [1.82, 2.24) is 15.0 Å². The number of halogens is 1. The molecule has 0 aliphatic carbocycles. The fourth-order valence-electron chi connectivity index (χ4n) is 3.11. The van der Waals surface area contributed by atoms with Gasteiger partial charge in [-0.3, -0.25) is 10.1 Å². The van der Waals surface area contributed by atoms with Gasteiger partial charge < -0.3 is 19.2 Å². The van der Waals surface area contributed by atoms with Crippen molar-refractivity contribution in [1.29, 1.82) is 0 Å². The van der Waals surface area contributed by atoms with Crippen LogP contribution in [0.3, 0.4) is 0 Å². The summed E-state index contributed by atoms with van der Waals surface area (Å²) in [4.78, 5) is 25.0. The Morgan fingerprint density at radius 3 is 2.47 bits per heavy atom. The summed E-state index contributed by atoms with van der Waals surface area (Å²) in [5.41, 5.74) is 2.46. The van der Waals surface area contributed by atoms with Crippen LogP contribution in [0.1, 0.15) is 10.5 Å². The van der Waals surface area contributed by atoms with E-state index in [1.807, 2.05) is 36.4 Å². The molecule has 1 amide bonds. The molecule has 0 unspecified atom stereocenters. The van der Waals surface area contributed by atoms with Crippen LogP contribution in [0.4, 0.5) is 5.13 Å². The van der Waals surface area contributed by atoms with Crippen LogP contribution in [-0.2, 0) is 9.47 Å². The summed E-state index contributed by atoms with van der Waals surface area (Å²) in [5.74, 6) is 0.921. The third-order valence-electron chi connectivity index (χ3n) is 4.76. The van der Waals surface area contributed by atoms with Gasteiger partial charge in [0.25, 0.3) is 5.91 Å². The van der Waals surface area contributed by atoms with Crippen molar-refractivity contribution in [2.24, 2.45) is 0 Å². The molecule has 0 aliphatic rings. The number of hydrogen-bond donors (Lipinski definition) is 2. The molecule has 0 saturated carbocycles. The van der Waals surface area contributed by atoms with E-state index in [9.17, 15) is 4.79 Å². The lowest BCUT2D eigenvalue weighted by Gasteiger charge is -2.07. The van der Waals surface area contributed by atoms with Crippen LogP contribution in [0, 0.1) is 0 Å². The van der Waals surface area contributed by atoms with E-state index in [0.29, 0.717) is 53.8 Å². The number of rotatable bonds is 11. The number of aromatic nitrogens is 3. The number of carbonyl (C=O) groups excluding carboxylic acids is 1. The molecular formula is C24H23ClN4O4S. The topological polar surface area (TPSA) is 98.4 Å². The summed E-state index contributed by atoms with van der Waals surface area (Å²) < 4.78 is 16.0. The van der Waals surface area contributed by atoms with Crippen molar-refractivity contribution < 1.29 is 19.0 Å². The van der Waals surface area contributed by atoms with E-state index < -0.39 is 0 Å². The summed E-state index contributed by atoms with van der Waals surface area (Å²) in [6.45, 7) is 2.00. The Morgan fingerprint density at radius 2 is 1.76 bits per heavy atom. The number of thiazole rings is 1. The Labute approximate surface area is 205 Å². The van der Waals surface area contributed by atoms with E-state index in [1.165, 1.54) is 11.3 Å². The number of amides is 1. The average Bonchev–Trinajstić information content (AvgIpc) is 3.53. The highest BCUT2D eigenvalue weighted by molar-refractivity contribution is 7.13. The van der Waals surface area contributed by atoms with Gasteiger partial charge in [-0.25, -0.2) is 9.97 Å². The maximum atomic E-state index is 13.0. The van der Waals surface area contributed by atoms with Gasteiger partial charge in [0.15, 0.2) is 10.8 Å². The highest BCUT2D eigenvalue weighted by atomic mass is 35.5. The SMILES string of the molecule is COCCOCCOc1ccc(-c2nc(C(=O)Nc3nccs3)c(-c3ccc(Cl)cc3)[nH]2)cc1. The third kappa shape index (κ3) is 6.21. The minimum Gasteiger partial charge on any atom is -0.491 e. The monoisotopic (exact) mass is 498 g/mol. The van der Waals surface area contributed by atoms with Gasteiger partial charge in [0.2, 0.25) is 0 Å². The summed E-state index contributed by atoms with van der Waals surface area (Å²) in [6, 6.07) is 14.7. The maximum Gasteiger partial charge on any atom is 0.278 e. The van der Waals surface area contributed by atoms with Crippen LogP contribution < -0.4 is 10.1 Å². The zero-order chi connectivity index (χ0) is 23.8. The van der Waals surface area contributed by atoms with Gasteiger partial charge in [0.05, 0.1) is 25.5 Å². The fraction of sp³-hybridized carbons (Fsp3) is 0.208. The first kappa shape index (κ1) is 23.9. The largest absolute Gasteiger partial charge is 0.491 e. The molecule has 176 valence electrons. The van der Waals surface area contributed by atoms with E-state index in [-0.39, 0.29) is 11.6 Å². The van der Waals surface area contributed by atoms with Crippen LogP contribution in [0.15, 0.2) is 60.1 Å². The molecule has 0 aliphatic heterocycles. The number of nitrogens with zero attached hydrogens (tertiary/aromatic N) is 2. The van der Waals surface area contributed by atoms with E-state index in [0.717, 1.165) is 11.1 Å². The first-order valence-electron chi connectivity index (χ1n) is 10.5. The molecule has 0 saturated heterocycles. The molecule has 4 aromatic rings. The second-order valence-corrected chi connectivity index (χ2v) is 8.42. The van der Waals surface area contributed by atoms with Crippen molar-refractivity contribution in [3.63, 3.8) is 0 Å². The minimum absolute atomic E-state index is 0.265. The predicted molar refractivity (Wildman–Crippen MR) is 133 cm³/mol. The van der Waals surface area contributed by atoms with Crippen molar-refractivity contribution in [3.8, 4) is 28.4 Å². The number of benzene rings is 2. The molecule has 0 fully saturated rings. The number of methoxy groups -OCH3 is 1. The molecule has 2 aromatic carbocycles. The first-order valence-corrected chi connectivity index (χ1v) is 11.8. The minimum atomic E-state index is -0.351. The molecule has 4 rings (SSSR count).